The number of nitrogens with zero attached hydrogens (tertiary/aromatic N) is 2. The fraction of sp³-hybridized carbons (Fsp3) is 0. The van der Waals surface area contributed by atoms with Crippen LogP contribution in [0.25, 0.3) is 0 Å². The van der Waals surface area contributed by atoms with E-state index in [1.54, 1.807) is 0 Å². The van der Waals surface area contributed by atoms with E-state index in [1.165, 1.54) is 12.4 Å². The van der Waals surface area contributed by atoms with Gasteiger partial charge in [-0.15, -0.1) is 0 Å². The molecule has 0 unspecified atom stereocenters. The third kappa shape index (κ3) is 1.86. The van der Waals surface area contributed by atoms with Gasteiger partial charge in [-0.05, 0) is 11.6 Å². The van der Waals surface area contributed by atoms with Crippen molar-refractivity contribution in [2.24, 2.45) is 0 Å². The lowest BCUT2D eigenvalue weighted by Crippen LogP contribution is -2.00. The molecule has 4 nitrogen and oxygen atoms in total. The number of aromatic nitrogens is 2. The molecule has 10 heavy (non-hydrogen) atoms. The molecule has 0 saturated carbocycles. The van der Waals surface area contributed by atoms with Crippen LogP contribution in [0.4, 0.5) is 0 Å². The molecule has 0 saturated heterocycles. The first kappa shape index (κ1) is 7.30. The molecule has 0 bridgehead atoms. The van der Waals surface area contributed by atoms with Crippen molar-refractivity contribution >= 4 is 19.3 Å². The minimum atomic E-state index is 0.144. The summed E-state index contributed by atoms with van der Waals surface area (Å²) in [6, 6.07) is 0. The minimum absolute atomic E-state index is 0.144. The van der Waals surface area contributed by atoms with E-state index >= 15 is 0 Å². The van der Waals surface area contributed by atoms with Crippen molar-refractivity contribution < 1.29 is 9.68 Å². The summed E-state index contributed by atoms with van der Waals surface area (Å²) in [7, 11) is 0.548. The normalized spacial score (nSPS) is 9.00. The Hall–Kier alpha value is -0.805. The molecule has 0 aliphatic heterocycles. The molecule has 1 heterocycles. The van der Waals surface area contributed by atoms with E-state index in [2.05, 4.69) is 14.6 Å². The van der Waals surface area contributed by atoms with Crippen molar-refractivity contribution in [1.82, 2.24) is 9.97 Å². The largest absolute Gasteiger partial charge is 0.569 e. The second-order valence-corrected chi connectivity index (χ2v) is 1.75. The first-order valence-corrected chi connectivity index (χ1v) is 2.81. The van der Waals surface area contributed by atoms with E-state index in [4.69, 9.17) is 16.6 Å². The molecule has 0 fully saturated rings. The zero-order valence-electron chi connectivity index (χ0n) is 4.86. The first-order chi connectivity index (χ1) is 4.83. The average molecular weight is 157 g/mol. The van der Waals surface area contributed by atoms with Gasteiger partial charge in [-0.25, -0.2) is 9.97 Å². The SMILES string of the molecule is O[B]Oc1cnc(Cl)nc1. The van der Waals surface area contributed by atoms with Crippen molar-refractivity contribution in [3.05, 3.63) is 17.7 Å². The van der Waals surface area contributed by atoms with Crippen LogP contribution in [0, 0.1) is 0 Å². The average Bonchev–Trinajstić information content (AvgIpc) is 1.95. The molecule has 6 heteroatoms. The van der Waals surface area contributed by atoms with Crippen LogP contribution in [-0.4, -0.2) is 22.7 Å². The van der Waals surface area contributed by atoms with Crippen LogP contribution < -0.4 is 4.65 Å². The Bertz CT molecular complexity index is 205. The second kappa shape index (κ2) is 3.38. The molecular formula is C4H3BClN2O2. The molecule has 1 aromatic rings. The van der Waals surface area contributed by atoms with Crippen LogP contribution in [0.1, 0.15) is 0 Å². The van der Waals surface area contributed by atoms with Gasteiger partial charge in [-0.1, -0.05) is 0 Å². The fourth-order valence-electron chi connectivity index (χ4n) is 0.422. The zero-order chi connectivity index (χ0) is 7.40. The molecule has 0 aromatic carbocycles. The number of halogens is 1. The monoisotopic (exact) mass is 157 g/mol. The van der Waals surface area contributed by atoms with E-state index in [-0.39, 0.29) is 5.28 Å². The molecule has 0 aliphatic carbocycles. The quantitative estimate of drug-likeness (QED) is 0.486. The van der Waals surface area contributed by atoms with E-state index < -0.39 is 0 Å². The Morgan fingerprint density at radius 3 is 2.60 bits per heavy atom. The van der Waals surface area contributed by atoms with Crippen molar-refractivity contribution in [2.75, 3.05) is 0 Å². The number of rotatable bonds is 2. The Kier molecular flexibility index (Phi) is 2.47. The summed E-state index contributed by atoms with van der Waals surface area (Å²) in [5.41, 5.74) is 0. The van der Waals surface area contributed by atoms with Crippen LogP contribution in [0.15, 0.2) is 12.4 Å². The Balaban J connectivity index is 2.69. The lowest BCUT2D eigenvalue weighted by atomic mass is 10.4. The van der Waals surface area contributed by atoms with E-state index in [0.29, 0.717) is 13.4 Å². The molecular weight excluding hydrogens is 154 g/mol. The van der Waals surface area contributed by atoms with Gasteiger partial charge in [0.25, 0.3) is 0 Å². The van der Waals surface area contributed by atoms with Gasteiger partial charge < -0.3 is 9.68 Å². The van der Waals surface area contributed by atoms with Crippen LogP contribution in [0.2, 0.25) is 5.28 Å². The molecule has 0 aliphatic rings. The Labute approximate surface area is 63.1 Å². The van der Waals surface area contributed by atoms with Gasteiger partial charge in [0.15, 0.2) is 0 Å². The Morgan fingerprint density at radius 1 is 1.50 bits per heavy atom. The summed E-state index contributed by atoms with van der Waals surface area (Å²) in [5.74, 6) is 0.340. The Morgan fingerprint density at radius 2 is 2.10 bits per heavy atom. The predicted octanol–water partition coefficient (Wildman–Crippen LogP) is 0.0353. The molecule has 51 valence electrons. The highest BCUT2D eigenvalue weighted by molar-refractivity contribution is 6.28. The highest BCUT2D eigenvalue weighted by Crippen LogP contribution is 2.06. The van der Waals surface area contributed by atoms with Crippen LogP contribution in [0.3, 0.4) is 0 Å². The molecule has 1 N–H and O–H groups in total. The predicted molar refractivity (Wildman–Crippen MR) is 35.6 cm³/mol. The summed E-state index contributed by atoms with van der Waals surface area (Å²) >= 11 is 5.36. The van der Waals surface area contributed by atoms with Gasteiger partial charge in [-0.3, -0.25) is 0 Å². The van der Waals surface area contributed by atoms with Gasteiger partial charge in [0.1, 0.15) is 5.75 Å². The fourth-order valence-corrected chi connectivity index (χ4v) is 0.520. The molecule has 1 radical (unpaired) electrons. The second-order valence-electron chi connectivity index (χ2n) is 1.41. The number of hydrogen-bond acceptors (Lipinski definition) is 4. The van der Waals surface area contributed by atoms with Crippen LogP contribution in [-0.2, 0) is 0 Å². The molecule has 1 rings (SSSR count). The third-order valence-electron chi connectivity index (χ3n) is 0.785. The smallest absolute Gasteiger partial charge is 0.535 e. The summed E-state index contributed by atoms with van der Waals surface area (Å²) in [6.07, 6.45) is 2.70. The summed E-state index contributed by atoms with van der Waals surface area (Å²) in [4.78, 5) is 7.19. The summed E-state index contributed by atoms with van der Waals surface area (Å²) in [5, 5.41) is 8.30. The van der Waals surface area contributed by atoms with E-state index in [1.807, 2.05) is 0 Å². The van der Waals surface area contributed by atoms with Crippen molar-refractivity contribution in [3.63, 3.8) is 0 Å². The van der Waals surface area contributed by atoms with Crippen LogP contribution in [0.5, 0.6) is 5.75 Å². The maximum Gasteiger partial charge on any atom is 0.569 e. The van der Waals surface area contributed by atoms with Gasteiger partial charge >= 0.3 is 7.69 Å². The molecule has 0 amide bonds. The molecule has 1 aromatic heterocycles. The van der Waals surface area contributed by atoms with Crippen molar-refractivity contribution in [3.8, 4) is 5.75 Å². The van der Waals surface area contributed by atoms with Crippen molar-refractivity contribution in [1.29, 1.82) is 0 Å². The standard InChI is InChI=1S/C4H3BClN2O2/c6-4-7-1-3(2-8-4)10-5-9/h1-2,9H. The third-order valence-corrected chi connectivity index (χ3v) is 0.981. The summed E-state index contributed by atoms with van der Waals surface area (Å²) in [6.45, 7) is 0. The lowest BCUT2D eigenvalue weighted by molar-refractivity contribution is 0.451. The van der Waals surface area contributed by atoms with E-state index in [0.717, 1.165) is 0 Å². The lowest BCUT2D eigenvalue weighted by Gasteiger charge is -1.97. The molecule has 0 spiro atoms. The summed E-state index contributed by atoms with van der Waals surface area (Å²) < 4.78 is 4.51. The topological polar surface area (TPSA) is 55.2 Å². The maximum atomic E-state index is 8.15. The highest BCUT2D eigenvalue weighted by Gasteiger charge is 1.94. The van der Waals surface area contributed by atoms with Gasteiger partial charge in [0, 0.05) is 0 Å². The van der Waals surface area contributed by atoms with Gasteiger partial charge in [-0.2, -0.15) is 0 Å². The first-order valence-electron chi connectivity index (χ1n) is 2.43. The zero-order valence-corrected chi connectivity index (χ0v) is 5.62. The van der Waals surface area contributed by atoms with Gasteiger partial charge in [0.2, 0.25) is 5.28 Å². The maximum absolute atomic E-state index is 8.15. The highest BCUT2D eigenvalue weighted by atomic mass is 35.5. The number of hydrogen-bond donors (Lipinski definition) is 1. The van der Waals surface area contributed by atoms with Crippen LogP contribution >= 0.6 is 11.6 Å². The van der Waals surface area contributed by atoms with Gasteiger partial charge in [0.05, 0.1) is 12.4 Å². The van der Waals surface area contributed by atoms with E-state index in [9.17, 15) is 0 Å². The molecule has 0 atom stereocenters. The van der Waals surface area contributed by atoms with Crippen molar-refractivity contribution in [2.45, 2.75) is 0 Å². The minimum Gasteiger partial charge on any atom is -0.535 e.